The van der Waals surface area contributed by atoms with E-state index < -0.39 is 0 Å². The number of hydrogen-bond donors (Lipinski definition) is 3. The van der Waals surface area contributed by atoms with Crippen molar-refractivity contribution < 1.29 is 5.11 Å². The molecule has 0 saturated carbocycles. The van der Waals surface area contributed by atoms with Gasteiger partial charge in [0.15, 0.2) is 0 Å². The van der Waals surface area contributed by atoms with Crippen molar-refractivity contribution >= 4 is 10.9 Å². The van der Waals surface area contributed by atoms with E-state index in [1.165, 1.54) is 0 Å². The molecule has 2 heterocycles. The largest absolute Gasteiger partial charge is 0.507 e. The first kappa shape index (κ1) is 16.9. The lowest BCUT2D eigenvalue weighted by Gasteiger charge is -2.12. The summed E-state index contributed by atoms with van der Waals surface area (Å²) in [4.78, 5) is 14.2. The van der Waals surface area contributed by atoms with E-state index in [9.17, 15) is 9.90 Å². The number of pyridine rings is 1. The highest BCUT2D eigenvalue weighted by Gasteiger charge is 2.12. The summed E-state index contributed by atoms with van der Waals surface area (Å²) in [5, 5.41) is 18.9. The summed E-state index contributed by atoms with van der Waals surface area (Å²) in [7, 11) is 0. The summed E-state index contributed by atoms with van der Waals surface area (Å²) in [6.45, 7) is 0. The number of nitrogens with two attached hydrogens (primary N) is 1. The van der Waals surface area contributed by atoms with Crippen molar-refractivity contribution in [2.24, 2.45) is 5.73 Å². The molecule has 0 saturated heterocycles. The number of rotatable bonds is 4. The number of nitrogens with zero attached hydrogens (tertiary/aromatic N) is 2. The van der Waals surface area contributed by atoms with Gasteiger partial charge in [-0.25, -0.2) is 0 Å². The number of H-pyrrole nitrogens is 1. The molecule has 4 N–H and O–H groups in total. The van der Waals surface area contributed by atoms with Gasteiger partial charge in [-0.05, 0) is 35.7 Å². The summed E-state index contributed by atoms with van der Waals surface area (Å²) >= 11 is 0. The molecule has 0 aliphatic rings. The van der Waals surface area contributed by atoms with E-state index in [1.54, 1.807) is 12.3 Å². The molecule has 134 valence electrons. The number of nitrogens with one attached hydrogen (secondary N) is 1. The van der Waals surface area contributed by atoms with Crippen LogP contribution < -0.4 is 11.3 Å². The Kier molecular flexibility index (Phi) is 4.40. The molecule has 0 spiro atoms. The van der Waals surface area contributed by atoms with E-state index in [1.807, 2.05) is 48.5 Å². The quantitative estimate of drug-likeness (QED) is 0.520. The molecule has 0 bridgehead atoms. The second-order valence-electron chi connectivity index (χ2n) is 6.44. The van der Waals surface area contributed by atoms with Crippen LogP contribution in [0.2, 0.25) is 0 Å². The Morgan fingerprint density at radius 2 is 1.85 bits per heavy atom. The molecule has 0 fully saturated rings. The van der Waals surface area contributed by atoms with Gasteiger partial charge in [0.2, 0.25) is 0 Å². The Hall–Kier alpha value is -3.51. The molecule has 4 aromatic rings. The fraction of sp³-hybridized carbons (Fsp3) is 0.0952. The molecule has 0 aliphatic carbocycles. The van der Waals surface area contributed by atoms with Crippen molar-refractivity contribution in [3.63, 3.8) is 0 Å². The maximum Gasteiger partial charge on any atom is 0.252 e. The lowest BCUT2D eigenvalue weighted by atomic mass is 10.0. The van der Waals surface area contributed by atoms with Crippen molar-refractivity contribution in [2.75, 3.05) is 0 Å². The van der Waals surface area contributed by atoms with Crippen LogP contribution in [0.25, 0.3) is 22.0 Å². The first-order valence-corrected chi connectivity index (χ1v) is 8.59. The number of aromatic amines is 1. The van der Waals surface area contributed by atoms with Crippen LogP contribution in [-0.2, 0) is 6.42 Å². The highest BCUT2D eigenvalue weighted by Crippen LogP contribution is 2.28. The number of fused-ring (bicyclic) bond motifs is 1. The van der Waals surface area contributed by atoms with Gasteiger partial charge in [-0.2, -0.15) is 10.2 Å². The predicted octanol–water partition coefficient (Wildman–Crippen LogP) is 2.93. The maximum atomic E-state index is 11.5. The van der Waals surface area contributed by atoms with Gasteiger partial charge in [0, 0.05) is 17.0 Å². The molecular weight excluding hydrogens is 340 g/mol. The van der Waals surface area contributed by atoms with Crippen LogP contribution in [0.15, 0.2) is 71.7 Å². The number of aromatic hydroxyl groups is 1. The van der Waals surface area contributed by atoms with Crippen LogP contribution >= 0.6 is 0 Å². The summed E-state index contributed by atoms with van der Waals surface area (Å²) in [6, 6.07) is 18.2. The van der Waals surface area contributed by atoms with Crippen molar-refractivity contribution in [3.05, 3.63) is 88.5 Å². The van der Waals surface area contributed by atoms with Crippen molar-refractivity contribution in [2.45, 2.75) is 12.5 Å². The zero-order chi connectivity index (χ0) is 18.8. The zero-order valence-corrected chi connectivity index (χ0v) is 14.5. The lowest BCUT2D eigenvalue weighted by Crippen LogP contribution is -2.15. The molecule has 1 atom stereocenters. The van der Waals surface area contributed by atoms with Gasteiger partial charge in [-0.1, -0.05) is 36.4 Å². The number of hydrogen-bond acceptors (Lipinski definition) is 5. The smallest absolute Gasteiger partial charge is 0.252 e. The first-order valence-electron chi connectivity index (χ1n) is 8.59. The van der Waals surface area contributed by atoms with Crippen LogP contribution in [0.1, 0.15) is 17.3 Å². The molecule has 27 heavy (non-hydrogen) atoms. The molecule has 0 amide bonds. The summed E-state index contributed by atoms with van der Waals surface area (Å²) in [5.41, 5.74) is 10.1. The average molecular weight is 358 g/mol. The van der Waals surface area contributed by atoms with Crippen LogP contribution in [-0.4, -0.2) is 20.3 Å². The second-order valence-corrected chi connectivity index (χ2v) is 6.44. The summed E-state index contributed by atoms with van der Waals surface area (Å²) < 4.78 is 0. The fourth-order valence-electron chi connectivity index (χ4n) is 3.11. The molecule has 6 heteroatoms. The zero-order valence-electron chi connectivity index (χ0n) is 14.5. The normalized spacial score (nSPS) is 12.2. The molecule has 2 aromatic heterocycles. The van der Waals surface area contributed by atoms with E-state index in [0.717, 1.165) is 22.8 Å². The molecule has 1 unspecified atom stereocenters. The molecule has 4 rings (SSSR count). The lowest BCUT2D eigenvalue weighted by molar-refractivity contribution is 0.480. The Bertz CT molecular complexity index is 1160. The monoisotopic (exact) mass is 358 g/mol. The molecule has 0 aliphatic heterocycles. The molecule has 0 radical (unpaired) electrons. The highest BCUT2D eigenvalue weighted by atomic mass is 16.3. The van der Waals surface area contributed by atoms with Gasteiger partial charge < -0.3 is 15.8 Å². The summed E-state index contributed by atoms with van der Waals surface area (Å²) in [5.74, 6) is -0.0568. The fourth-order valence-corrected chi connectivity index (χ4v) is 3.11. The minimum atomic E-state index is -0.340. The van der Waals surface area contributed by atoms with Gasteiger partial charge in [0.25, 0.3) is 5.56 Å². The van der Waals surface area contributed by atoms with Crippen molar-refractivity contribution in [1.29, 1.82) is 0 Å². The number of aromatic nitrogens is 3. The van der Waals surface area contributed by atoms with Crippen LogP contribution in [0, 0.1) is 0 Å². The van der Waals surface area contributed by atoms with Crippen LogP contribution in [0.5, 0.6) is 5.75 Å². The Balaban J connectivity index is 1.68. The third kappa shape index (κ3) is 3.56. The van der Waals surface area contributed by atoms with Crippen LogP contribution in [0.3, 0.4) is 0 Å². The van der Waals surface area contributed by atoms with E-state index in [4.69, 9.17) is 5.73 Å². The minimum absolute atomic E-state index is 0.0568. The predicted molar refractivity (Wildman–Crippen MR) is 104 cm³/mol. The van der Waals surface area contributed by atoms with Gasteiger partial charge in [-0.15, -0.1) is 0 Å². The second kappa shape index (κ2) is 7.01. The van der Waals surface area contributed by atoms with Gasteiger partial charge >= 0.3 is 0 Å². The van der Waals surface area contributed by atoms with Gasteiger partial charge in [0.1, 0.15) is 5.75 Å². The van der Waals surface area contributed by atoms with Gasteiger partial charge in [-0.3, -0.25) is 4.79 Å². The number of benzene rings is 2. The standard InChI is InChI=1S/C21H18N4O2/c22-17(8-13-4-2-1-3-5-13)19-10-15(12-23-25-19)14-6-7-18-16(9-14)20(26)11-21(27)24-18/h1-7,9-12,17H,8,22H2,(H2,24,26,27). The van der Waals surface area contributed by atoms with E-state index in [0.29, 0.717) is 23.0 Å². The van der Waals surface area contributed by atoms with Crippen molar-refractivity contribution in [3.8, 4) is 16.9 Å². The Morgan fingerprint density at radius 3 is 2.67 bits per heavy atom. The SMILES string of the molecule is NC(Cc1ccccc1)c1cc(-c2ccc3[nH]c(=O)cc(O)c3c2)cnn1. The summed E-state index contributed by atoms with van der Waals surface area (Å²) in [6.07, 6.45) is 2.32. The van der Waals surface area contributed by atoms with Crippen molar-refractivity contribution in [1.82, 2.24) is 15.2 Å². The minimum Gasteiger partial charge on any atom is -0.507 e. The van der Waals surface area contributed by atoms with E-state index in [2.05, 4.69) is 15.2 Å². The van der Waals surface area contributed by atoms with E-state index >= 15 is 0 Å². The molecule has 2 aromatic carbocycles. The third-order valence-electron chi connectivity index (χ3n) is 4.51. The van der Waals surface area contributed by atoms with Gasteiger partial charge in [0.05, 0.1) is 23.4 Å². The van der Waals surface area contributed by atoms with Crippen LogP contribution in [0.4, 0.5) is 0 Å². The highest BCUT2D eigenvalue weighted by molar-refractivity contribution is 5.88. The van der Waals surface area contributed by atoms with E-state index in [-0.39, 0.29) is 17.4 Å². The first-order chi connectivity index (χ1) is 13.1. The molecular formula is C21H18N4O2. The Morgan fingerprint density at radius 1 is 1.04 bits per heavy atom. The molecule has 6 nitrogen and oxygen atoms in total. The topological polar surface area (TPSA) is 105 Å². The Labute approximate surface area is 155 Å². The maximum absolute atomic E-state index is 11.5. The third-order valence-corrected chi connectivity index (χ3v) is 4.51. The average Bonchev–Trinajstić information content (AvgIpc) is 2.68.